The van der Waals surface area contributed by atoms with Gasteiger partial charge in [0.2, 0.25) is 0 Å². The number of pyridine rings is 1. The minimum absolute atomic E-state index is 0.274. The maximum Gasteiger partial charge on any atom is 0.338 e. The van der Waals surface area contributed by atoms with Gasteiger partial charge in [0.15, 0.2) is 0 Å². The highest BCUT2D eigenvalue weighted by molar-refractivity contribution is 6.29. The van der Waals surface area contributed by atoms with E-state index in [4.69, 9.17) is 16.3 Å². The lowest BCUT2D eigenvalue weighted by molar-refractivity contribution is 0.0526. The topological polar surface area (TPSA) is 42.4 Å². The minimum Gasteiger partial charge on any atom is -0.462 e. The molecule has 0 aliphatic carbocycles. The highest BCUT2D eigenvalue weighted by Crippen LogP contribution is 2.19. The number of esters is 1. The van der Waals surface area contributed by atoms with Gasteiger partial charge in [-0.2, -0.15) is 0 Å². The average Bonchev–Trinajstić information content (AvgIpc) is 2.27. The Labute approximate surface area is 107 Å². The summed E-state index contributed by atoms with van der Waals surface area (Å²) >= 11 is 5.90. The number of halogens is 1. The molecule has 1 heterocycles. The molecule has 0 aromatic carbocycles. The maximum absolute atomic E-state index is 11.6. The Bertz CT molecular complexity index is 407. The summed E-state index contributed by atoms with van der Waals surface area (Å²) in [4.78, 5) is 17.7. The van der Waals surface area contributed by atoms with Gasteiger partial charge in [0.05, 0.1) is 12.2 Å². The second kappa shape index (κ2) is 5.87. The second-order valence-electron chi connectivity index (χ2n) is 3.96. The summed E-state index contributed by atoms with van der Waals surface area (Å²) in [6.07, 6.45) is 0. The average molecular weight is 257 g/mol. The third-order valence-electron chi connectivity index (χ3n) is 2.43. The zero-order valence-electron chi connectivity index (χ0n) is 10.5. The number of ether oxygens (including phenoxy) is 1. The largest absolute Gasteiger partial charge is 0.462 e. The molecule has 1 aromatic rings. The van der Waals surface area contributed by atoms with Crippen LogP contribution in [0.25, 0.3) is 0 Å². The molecule has 94 valence electrons. The Morgan fingerprint density at radius 1 is 1.53 bits per heavy atom. The molecular formula is C12H17ClN2O2. The zero-order chi connectivity index (χ0) is 13.0. The summed E-state index contributed by atoms with van der Waals surface area (Å²) in [5.74, 6) is 0.283. The number of nitrogens with zero attached hydrogens (tertiary/aromatic N) is 2. The quantitative estimate of drug-likeness (QED) is 0.614. The Morgan fingerprint density at radius 2 is 2.18 bits per heavy atom. The molecule has 0 amide bonds. The van der Waals surface area contributed by atoms with Crippen molar-refractivity contribution in [3.63, 3.8) is 0 Å². The Morgan fingerprint density at radius 3 is 2.71 bits per heavy atom. The molecule has 0 N–H and O–H groups in total. The number of rotatable bonds is 4. The predicted molar refractivity (Wildman–Crippen MR) is 68.7 cm³/mol. The number of carbonyl (C=O) groups is 1. The van der Waals surface area contributed by atoms with Crippen LogP contribution in [0.3, 0.4) is 0 Å². The van der Waals surface area contributed by atoms with E-state index < -0.39 is 0 Å². The molecule has 0 fully saturated rings. The first kappa shape index (κ1) is 13.8. The van der Waals surface area contributed by atoms with Crippen molar-refractivity contribution in [1.29, 1.82) is 0 Å². The Hall–Kier alpha value is -1.29. The fourth-order valence-corrected chi connectivity index (χ4v) is 1.46. The van der Waals surface area contributed by atoms with Gasteiger partial charge in [-0.3, -0.25) is 0 Å². The van der Waals surface area contributed by atoms with Crippen LogP contribution in [0.1, 0.15) is 31.1 Å². The molecule has 0 atom stereocenters. The van der Waals surface area contributed by atoms with Crippen LogP contribution in [-0.2, 0) is 4.74 Å². The number of aromatic nitrogens is 1. The van der Waals surface area contributed by atoms with E-state index in [0.717, 1.165) is 0 Å². The number of carbonyl (C=O) groups excluding carboxylic acids is 1. The van der Waals surface area contributed by atoms with Gasteiger partial charge in [-0.05, 0) is 32.9 Å². The molecule has 0 unspecified atom stereocenters. The van der Waals surface area contributed by atoms with Crippen molar-refractivity contribution in [3.05, 3.63) is 22.8 Å². The van der Waals surface area contributed by atoms with E-state index in [1.807, 2.05) is 25.8 Å². The van der Waals surface area contributed by atoms with E-state index in [9.17, 15) is 4.79 Å². The Balaban J connectivity index is 3.06. The molecule has 5 heteroatoms. The first-order valence-electron chi connectivity index (χ1n) is 5.53. The van der Waals surface area contributed by atoms with Crippen molar-refractivity contribution < 1.29 is 9.53 Å². The van der Waals surface area contributed by atoms with E-state index in [0.29, 0.717) is 18.0 Å². The molecule has 0 saturated heterocycles. The van der Waals surface area contributed by atoms with Crippen LogP contribution in [0.15, 0.2) is 12.1 Å². The van der Waals surface area contributed by atoms with Gasteiger partial charge in [0.1, 0.15) is 11.0 Å². The molecule has 0 aliphatic heterocycles. The summed E-state index contributed by atoms with van der Waals surface area (Å²) in [7, 11) is 1.90. The lowest BCUT2D eigenvalue weighted by Gasteiger charge is -2.23. The lowest BCUT2D eigenvalue weighted by atomic mass is 10.2. The SMILES string of the molecule is CCOC(=O)c1cc(Cl)nc(N(C)C(C)C)c1. The molecule has 1 aromatic heterocycles. The van der Waals surface area contributed by atoms with Crippen molar-refractivity contribution in [1.82, 2.24) is 4.98 Å². The van der Waals surface area contributed by atoms with Gasteiger partial charge >= 0.3 is 5.97 Å². The van der Waals surface area contributed by atoms with Crippen molar-refractivity contribution in [2.75, 3.05) is 18.6 Å². The van der Waals surface area contributed by atoms with Crippen LogP contribution in [0.5, 0.6) is 0 Å². The minimum atomic E-state index is -0.379. The van der Waals surface area contributed by atoms with Crippen LogP contribution in [0.4, 0.5) is 5.82 Å². The van der Waals surface area contributed by atoms with Gasteiger partial charge < -0.3 is 9.64 Å². The van der Waals surface area contributed by atoms with Crippen LogP contribution >= 0.6 is 11.6 Å². The summed E-state index contributed by atoms with van der Waals surface area (Å²) in [5.41, 5.74) is 0.425. The standard InChI is InChI=1S/C12H17ClN2O2/c1-5-17-12(16)9-6-10(13)14-11(7-9)15(4)8(2)3/h6-8H,5H2,1-4H3. The van der Waals surface area contributed by atoms with E-state index >= 15 is 0 Å². The number of anilines is 1. The van der Waals surface area contributed by atoms with Gasteiger partial charge in [-0.15, -0.1) is 0 Å². The molecule has 17 heavy (non-hydrogen) atoms. The molecule has 0 radical (unpaired) electrons. The number of hydrogen-bond donors (Lipinski definition) is 0. The highest BCUT2D eigenvalue weighted by Gasteiger charge is 2.13. The fourth-order valence-electron chi connectivity index (χ4n) is 1.26. The monoisotopic (exact) mass is 256 g/mol. The zero-order valence-corrected chi connectivity index (χ0v) is 11.3. The van der Waals surface area contributed by atoms with E-state index in [2.05, 4.69) is 4.98 Å². The molecule has 0 saturated carbocycles. The van der Waals surface area contributed by atoms with E-state index in [-0.39, 0.29) is 17.2 Å². The first-order valence-corrected chi connectivity index (χ1v) is 5.91. The third kappa shape index (κ3) is 3.60. The van der Waals surface area contributed by atoms with Crippen LogP contribution in [-0.4, -0.2) is 30.6 Å². The van der Waals surface area contributed by atoms with Gasteiger partial charge in [0.25, 0.3) is 0 Å². The van der Waals surface area contributed by atoms with Crippen molar-refractivity contribution in [2.24, 2.45) is 0 Å². The molecule has 4 nitrogen and oxygen atoms in total. The molecular weight excluding hydrogens is 240 g/mol. The van der Waals surface area contributed by atoms with Crippen LogP contribution < -0.4 is 4.90 Å². The summed E-state index contributed by atoms with van der Waals surface area (Å²) in [6, 6.07) is 3.47. The van der Waals surface area contributed by atoms with E-state index in [1.165, 1.54) is 6.07 Å². The van der Waals surface area contributed by atoms with E-state index in [1.54, 1.807) is 13.0 Å². The third-order valence-corrected chi connectivity index (χ3v) is 2.62. The summed E-state index contributed by atoms with van der Waals surface area (Å²) in [6.45, 7) is 6.18. The maximum atomic E-state index is 11.6. The Kier molecular flexibility index (Phi) is 4.75. The van der Waals surface area contributed by atoms with Crippen molar-refractivity contribution >= 4 is 23.4 Å². The first-order chi connectivity index (χ1) is 7.95. The summed E-state index contributed by atoms with van der Waals surface area (Å²) < 4.78 is 4.93. The number of hydrogen-bond acceptors (Lipinski definition) is 4. The molecule has 0 spiro atoms. The summed E-state index contributed by atoms with van der Waals surface area (Å²) in [5, 5.41) is 0.290. The van der Waals surface area contributed by atoms with Crippen LogP contribution in [0, 0.1) is 0 Å². The van der Waals surface area contributed by atoms with Crippen molar-refractivity contribution in [3.8, 4) is 0 Å². The predicted octanol–water partition coefficient (Wildman–Crippen LogP) is 2.76. The van der Waals surface area contributed by atoms with Crippen molar-refractivity contribution in [2.45, 2.75) is 26.8 Å². The molecule has 1 rings (SSSR count). The normalized spacial score (nSPS) is 10.5. The molecule has 0 aliphatic rings. The lowest BCUT2D eigenvalue weighted by Crippen LogP contribution is -2.26. The second-order valence-corrected chi connectivity index (χ2v) is 4.35. The van der Waals surface area contributed by atoms with Crippen LogP contribution in [0.2, 0.25) is 5.15 Å². The smallest absolute Gasteiger partial charge is 0.338 e. The van der Waals surface area contributed by atoms with Gasteiger partial charge in [0, 0.05) is 13.1 Å². The molecule has 0 bridgehead atoms. The van der Waals surface area contributed by atoms with Gasteiger partial charge in [-0.1, -0.05) is 11.6 Å². The fraction of sp³-hybridized carbons (Fsp3) is 0.500. The van der Waals surface area contributed by atoms with Gasteiger partial charge in [-0.25, -0.2) is 9.78 Å². The highest BCUT2D eigenvalue weighted by atomic mass is 35.5.